The minimum Gasteiger partial charge on any atom is -0.489 e. The Bertz CT molecular complexity index is 994. The second-order valence-electron chi connectivity index (χ2n) is 6.73. The zero-order valence-electron chi connectivity index (χ0n) is 15.9. The van der Waals surface area contributed by atoms with Crippen LogP contribution in [0, 0.1) is 27.7 Å². The fourth-order valence-electron chi connectivity index (χ4n) is 2.75. The molecule has 0 spiro atoms. The predicted octanol–water partition coefficient (Wildman–Crippen LogP) is 6.47. The lowest BCUT2D eigenvalue weighted by molar-refractivity contribution is 0.103. The predicted molar refractivity (Wildman–Crippen MR) is 113 cm³/mol. The molecule has 0 saturated carbocycles. The van der Waals surface area contributed by atoms with Crippen molar-refractivity contribution >= 4 is 34.5 Å². The van der Waals surface area contributed by atoms with Crippen molar-refractivity contribution in [3.05, 3.63) is 79.5 Å². The molecule has 5 heteroatoms. The first kappa shape index (κ1) is 19.5. The number of ether oxygens (including phenoxy) is 1. The average molecular weight is 400 g/mol. The third kappa shape index (κ3) is 4.71. The Kier molecular flexibility index (Phi) is 5.88. The van der Waals surface area contributed by atoms with Crippen LogP contribution < -0.4 is 10.1 Å². The van der Waals surface area contributed by atoms with Gasteiger partial charge >= 0.3 is 0 Å². The summed E-state index contributed by atoms with van der Waals surface area (Å²) in [7, 11) is 0. The lowest BCUT2D eigenvalue weighted by Crippen LogP contribution is -2.10. The lowest BCUT2D eigenvalue weighted by atomic mass is 10.1. The van der Waals surface area contributed by atoms with Crippen LogP contribution in [0.4, 0.5) is 5.69 Å². The zero-order valence-corrected chi connectivity index (χ0v) is 17.4. The summed E-state index contributed by atoms with van der Waals surface area (Å²) in [5.74, 6) is 0.743. The van der Waals surface area contributed by atoms with E-state index in [4.69, 9.17) is 16.3 Å². The zero-order chi connectivity index (χ0) is 19.6. The van der Waals surface area contributed by atoms with E-state index in [9.17, 15) is 4.79 Å². The van der Waals surface area contributed by atoms with Crippen LogP contribution in [0.2, 0.25) is 5.02 Å². The minimum absolute atomic E-state index is 0.145. The molecule has 0 atom stereocenters. The van der Waals surface area contributed by atoms with E-state index in [1.165, 1.54) is 22.5 Å². The monoisotopic (exact) mass is 399 g/mol. The number of anilines is 1. The highest BCUT2D eigenvalue weighted by Gasteiger charge is 2.11. The summed E-state index contributed by atoms with van der Waals surface area (Å²) in [5, 5.41) is 5.47. The molecule has 1 heterocycles. The average Bonchev–Trinajstić information content (AvgIpc) is 3.09. The van der Waals surface area contributed by atoms with Gasteiger partial charge in [0.15, 0.2) is 0 Å². The molecule has 0 unspecified atom stereocenters. The fraction of sp³-hybridized carbons (Fsp3) is 0.227. The third-order valence-electron chi connectivity index (χ3n) is 4.47. The van der Waals surface area contributed by atoms with Gasteiger partial charge in [-0.25, -0.2) is 0 Å². The Morgan fingerprint density at radius 3 is 2.59 bits per heavy atom. The van der Waals surface area contributed by atoms with Crippen LogP contribution in [0.15, 0.2) is 41.8 Å². The number of benzene rings is 2. The molecule has 0 radical (unpaired) electrons. The summed E-state index contributed by atoms with van der Waals surface area (Å²) < 4.78 is 5.98. The van der Waals surface area contributed by atoms with Crippen molar-refractivity contribution in [1.82, 2.24) is 0 Å². The molecule has 3 nitrogen and oxygen atoms in total. The van der Waals surface area contributed by atoms with E-state index >= 15 is 0 Å². The molecule has 27 heavy (non-hydrogen) atoms. The molecular formula is C22H22ClNO2S. The van der Waals surface area contributed by atoms with Crippen LogP contribution in [-0.4, -0.2) is 5.91 Å². The standard InChI is InChI=1S/C22H22ClNO2S/c1-13-7-15(3)16(4)20(8-13)26-11-17-9-21(27-12-17)22(25)24-18-6-5-14(2)19(23)10-18/h5-10,12H,11H2,1-4H3,(H,24,25). The maximum absolute atomic E-state index is 12.5. The largest absolute Gasteiger partial charge is 0.489 e. The number of thiophene rings is 1. The Morgan fingerprint density at radius 1 is 1.07 bits per heavy atom. The van der Waals surface area contributed by atoms with Crippen LogP contribution in [-0.2, 0) is 6.61 Å². The van der Waals surface area contributed by atoms with Crippen molar-refractivity contribution in [3.63, 3.8) is 0 Å². The molecule has 0 bridgehead atoms. The summed E-state index contributed by atoms with van der Waals surface area (Å²) in [4.78, 5) is 13.1. The molecule has 1 N–H and O–H groups in total. The van der Waals surface area contributed by atoms with Gasteiger partial charge in [-0.2, -0.15) is 0 Å². The molecule has 0 aliphatic heterocycles. The molecule has 140 valence electrons. The first-order chi connectivity index (χ1) is 12.8. The van der Waals surface area contributed by atoms with Crippen molar-refractivity contribution in [3.8, 4) is 5.75 Å². The summed E-state index contributed by atoms with van der Waals surface area (Å²) >= 11 is 7.52. The summed E-state index contributed by atoms with van der Waals surface area (Å²) in [6.07, 6.45) is 0. The van der Waals surface area contributed by atoms with Crippen LogP contribution in [0.25, 0.3) is 0 Å². The maximum Gasteiger partial charge on any atom is 0.265 e. The van der Waals surface area contributed by atoms with Crippen LogP contribution in [0.5, 0.6) is 5.75 Å². The second kappa shape index (κ2) is 8.15. The van der Waals surface area contributed by atoms with Gasteiger partial charge in [0, 0.05) is 16.3 Å². The van der Waals surface area contributed by atoms with E-state index in [2.05, 4.69) is 32.2 Å². The highest BCUT2D eigenvalue weighted by molar-refractivity contribution is 7.12. The third-order valence-corrected chi connectivity index (χ3v) is 5.85. The molecule has 3 aromatic rings. The van der Waals surface area contributed by atoms with E-state index in [-0.39, 0.29) is 5.91 Å². The van der Waals surface area contributed by atoms with Crippen molar-refractivity contribution < 1.29 is 9.53 Å². The number of nitrogens with one attached hydrogen (secondary N) is 1. The number of hydrogen-bond donors (Lipinski definition) is 1. The van der Waals surface area contributed by atoms with E-state index in [0.29, 0.717) is 22.2 Å². The molecular weight excluding hydrogens is 378 g/mol. The molecule has 1 aromatic heterocycles. The van der Waals surface area contributed by atoms with Gasteiger partial charge in [-0.1, -0.05) is 23.7 Å². The number of rotatable bonds is 5. The lowest BCUT2D eigenvalue weighted by Gasteiger charge is -2.11. The molecule has 0 aliphatic rings. The summed E-state index contributed by atoms with van der Waals surface area (Å²) in [5.41, 5.74) is 6.18. The van der Waals surface area contributed by atoms with Gasteiger partial charge in [0.25, 0.3) is 5.91 Å². The molecule has 0 fully saturated rings. The van der Waals surface area contributed by atoms with Crippen molar-refractivity contribution in [2.45, 2.75) is 34.3 Å². The van der Waals surface area contributed by atoms with Gasteiger partial charge in [-0.05, 0) is 79.6 Å². The molecule has 1 amide bonds. The quantitative estimate of drug-likeness (QED) is 0.534. The maximum atomic E-state index is 12.5. The first-order valence-electron chi connectivity index (χ1n) is 8.69. The van der Waals surface area contributed by atoms with Crippen LogP contribution >= 0.6 is 22.9 Å². The fourth-order valence-corrected chi connectivity index (χ4v) is 3.72. The van der Waals surface area contributed by atoms with Gasteiger partial charge < -0.3 is 10.1 Å². The smallest absolute Gasteiger partial charge is 0.265 e. The van der Waals surface area contributed by atoms with Crippen molar-refractivity contribution in [2.75, 3.05) is 5.32 Å². The number of aryl methyl sites for hydroxylation is 3. The summed E-state index contributed by atoms with van der Waals surface area (Å²) in [6, 6.07) is 11.6. The van der Waals surface area contributed by atoms with E-state index in [0.717, 1.165) is 22.4 Å². The van der Waals surface area contributed by atoms with Crippen molar-refractivity contribution in [1.29, 1.82) is 0 Å². The highest BCUT2D eigenvalue weighted by atomic mass is 35.5. The number of hydrogen-bond acceptors (Lipinski definition) is 3. The Morgan fingerprint density at radius 2 is 1.85 bits per heavy atom. The normalized spacial score (nSPS) is 10.7. The van der Waals surface area contributed by atoms with E-state index in [1.807, 2.05) is 36.6 Å². The van der Waals surface area contributed by atoms with Crippen LogP contribution in [0.3, 0.4) is 0 Å². The number of amides is 1. The number of halogens is 1. The minimum atomic E-state index is -0.145. The highest BCUT2D eigenvalue weighted by Crippen LogP contribution is 2.26. The second-order valence-corrected chi connectivity index (χ2v) is 8.05. The molecule has 3 rings (SSSR count). The number of carbonyl (C=O) groups excluding carboxylic acids is 1. The Balaban J connectivity index is 1.66. The van der Waals surface area contributed by atoms with Crippen LogP contribution in [0.1, 0.15) is 37.5 Å². The van der Waals surface area contributed by atoms with Gasteiger partial charge in [0.2, 0.25) is 0 Å². The molecule has 0 aliphatic carbocycles. The van der Waals surface area contributed by atoms with Gasteiger partial charge in [0.05, 0.1) is 4.88 Å². The Labute approximate surface area is 169 Å². The Hall–Kier alpha value is -2.30. The van der Waals surface area contributed by atoms with Gasteiger partial charge in [-0.3, -0.25) is 4.79 Å². The molecule has 2 aromatic carbocycles. The number of carbonyl (C=O) groups is 1. The van der Waals surface area contributed by atoms with E-state index < -0.39 is 0 Å². The molecule has 0 saturated heterocycles. The first-order valence-corrected chi connectivity index (χ1v) is 9.95. The van der Waals surface area contributed by atoms with E-state index in [1.54, 1.807) is 6.07 Å². The SMILES string of the molecule is Cc1cc(C)c(C)c(OCc2csc(C(=O)Nc3ccc(C)c(Cl)c3)c2)c1. The topological polar surface area (TPSA) is 38.3 Å². The summed E-state index contributed by atoms with van der Waals surface area (Å²) in [6.45, 7) is 8.56. The van der Waals surface area contributed by atoms with Crippen molar-refractivity contribution in [2.24, 2.45) is 0 Å². The van der Waals surface area contributed by atoms with Gasteiger partial charge in [0.1, 0.15) is 12.4 Å². The van der Waals surface area contributed by atoms with Gasteiger partial charge in [-0.15, -0.1) is 11.3 Å².